The van der Waals surface area contributed by atoms with Gasteiger partial charge in [0.1, 0.15) is 5.58 Å². The monoisotopic (exact) mass is 289 g/mol. The van der Waals surface area contributed by atoms with Gasteiger partial charge < -0.3 is 9.52 Å². The summed E-state index contributed by atoms with van der Waals surface area (Å²) >= 11 is 0. The van der Waals surface area contributed by atoms with Crippen LogP contribution in [0.2, 0.25) is 0 Å². The lowest BCUT2D eigenvalue weighted by Gasteiger charge is -2.22. The van der Waals surface area contributed by atoms with Crippen LogP contribution >= 0.6 is 0 Å². The number of rotatable bonds is 4. The molecule has 1 aromatic carbocycles. The fourth-order valence-corrected chi connectivity index (χ4v) is 3.02. The molecule has 21 heavy (non-hydrogen) atoms. The molecule has 1 fully saturated rings. The third-order valence-corrected chi connectivity index (χ3v) is 4.11. The number of carbonyl (C=O) groups is 1. The average Bonchev–Trinajstić information content (AvgIpc) is 3.11. The molecular formula is C15H19N3O3. The predicted octanol–water partition coefficient (Wildman–Crippen LogP) is 0.993. The number of likely N-dealkylation sites (tertiary alicyclic amines) is 1. The number of carbonyl (C=O) groups excluding carboxylic acids is 1. The van der Waals surface area contributed by atoms with Crippen LogP contribution in [-0.4, -0.2) is 35.1 Å². The number of furan rings is 1. The number of benzene rings is 1. The summed E-state index contributed by atoms with van der Waals surface area (Å²) in [6.45, 7) is 1.62. The second-order valence-corrected chi connectivity index (χ2v) is 5.33. The van der Waals surface area contributed by atoms with Gasteiger partial charge in [-0.05, 0) is 25.5 Å². The van der Waals surface area contributed by atoms with E-state index in [4.69, 9.17) is 10.3 Å². The number of amides is 1. The third kappa shape index (κ3) is 2.53. The van der Waals surface area contributed by atoms with Gasteiger partial charge in [-0.3, -0.25) is 15.1 Å². The molecule has 0 saturated carbocycles. The number of aliphatic hydroxyl groups is 1. The standard InChI is InChI=1S/C15H19N3O3/c16-17-15(20)14-12(8-18-7-3-4-10(18)9-19)11-5-1-2-6-13(11)21-14/h1-2,5-6,10,19H,3-4,7-9,16H2,(H,17,20). The smallest absolute Gasteiger partial charge is 0.301 e. The minimum absolute atomic E-state index is 0.133. The van der Waals surface area contributed by atoms with Gasteiger partial charge in [-0.15, -0.1) is 0 Å². The van der Waals surface area contributed by atoms with Gasteiger partial charge in [0.2, 0.25) is 0 Å². The third-order valence-electron chi connectivity index (χ3n) is 4.11. The van der Waals surface area contributed by atoms with Crippen molar-refractivity contribution in [1.82, 2.24) is 10.3 Å². The summed E-state index contributed by atoms with van der Waals surface area (Å²) in [5, 5.41) is 10.4. The molecule has 2 aromatic rings. The minimum Gasteiger partial charge on any atom is -0.451 e. The summed E-state index contributed by atoms with van der Waals surface area (Å²) in [5.41, 5.74) is 3.63. The molecule has 6 nitrogen and oxygen atoms in total. The van der Waals surface area contributed by atoms with Crippen LogP contribution in [0.1, 0.15) is 29.0 Å². The van der Waals surface area contributed by atoms with Crippen molar-refractivity contribution in [2.75, 3.05) is 13.2 Å². The molecule has 112 valence electrons. The number of hydrazine groups is 1. The van der Waals surface area contributed by atoms with E-state index >= 15 is 0 Å². The molecule has 1 unspecified atom stereocenters. The van der Waals surface area contributed by atoms with Crippen LogP contribution in [0.15, 0.2) is 28.7 Å². The van der Waals surface area contributed by atoms with Crippen molar-refractivity contribution in [1.29, 1.82) is 0 Å². The average molecular weight is 289 g/mol. The van der Waals surface area contributed by atoms with E-state index in [0.29, 0.717) is 12.1 Å². The summed E-state index contributed by atoms with van der Waals surface area (Å²) in [7, 11) is 0. The second kappa shape index (κ2) is 5.85. The van der Waals surface area contributed by atoms with E-state index in [1.54, 1.807) is 0 Å². The van der Waals surface area contributed by atoms with Gasteiger partial charge in [-0.25, -0.2) is 5.84 Å². The summed E-state index contributed by atoms with van der Waals surface area (Å²) in [5.74, 6) is 5.07. The lowest BCUT2D eigenvalue weighted by Crippen LogP contribution is -2.34. The van der Waals surface area contributed by atoms with Crippen LogP contribution in [0.25, 0.3) is 11.0 Å². The van der Waals surface area contributed by atoms with E-state index in [1.165, 1.54) is 0 Å². The molecule has 1 saturated heterocycles. The maximum atomic E-state index is 11.9. The number of aliphatic hydroxyl groups excluding tert-OH is 1. The quantitative estimate of drug-likeness (QED) is 0.443. The van der Waals surface area contributed by atoms with E-state index in [2.05, 4.69) is 10.3 Å². The fraction of sp³-hybridized carbons (Fsp3) is 0.400. The molecule has 2 heterocycles. The highest BCUT2D eigenvalue weighted by molar-refractivity contribution is 5.98. The molecule has 0 aliphatic carbocycles. The number of nitrogens with two attached hydrogens (primary N) is 1. The molecule has 1 aromatic heterocycles. The molecule has 3 rings (SSSR count). The zero-order valence-corrected chi connectivity index (χ0v) is 11.7. The SMILES string of the molecule is NNC(=O)c1oc2ccccc2c1CN1CCCC1CO. The van der Waals surface area contributed by atoms with Crippen molar-refractivity contribution < 1.29 is 14.3 Å². The zero-order valence-electron chi connectivity index (χ0n) is 11.7. The van der Waals surface area contributed by atoms with E-state index in [9.17, 15) is 9.90 Å². The van der Waals surface area contributed by atoms with Gasteiger partial charge in [0.25, 0.3) is 0 Å². The number of fused-ring (bicyclic) bond motifs is 1. The Morgan fingerprint density at radius 1 is 1.48 bits per heavy atom. The lowest BCUT2D eigenvalue weighted by molar-refractivity contribution is 0.0923. The van der Waals surface area contributed by atoms with Crippen molar-refractivity contribution in [2.24, 2.45) is 5.84 Å². The molecule has 6 heteroatoms. The predicted molar refractivity (Wildman–Crippen MR) is 78.4 cm³/mol. The molecule has 0 spiro atoms. The number of nitrogens with zero attached hydrogens (tertiary/aromatic N) is 1. The number of nitrogen functional groups attached to an aromatic ring is 1. The summed E-state index contributed by atoms with van der Waals surface area (Å²) in [6.07, 6.45) is 2.03. The van der Waals surface area contributed by atoms with Crippen LogP contribution in [0, 0.1) is 0 Å². The van der Waals surface area contributed by atoms with Gasteiger partial charge in [0.05, 0.1) is 6.61 Å². The first kappa shape index (κ1) is 14.1. The summed E-state index contributed by atoms with van der Waals surface area (Å²) in [4.78, 5) is 14.1. The number of nitrogens with one attached hydrogen (secondary N) is 1. The van der Waals surface area contributed by atoms with Crippen molar-refractivity contribution in [3.05, 3.63) is 35.6 Å². The Bertz CT molecular complexity index is 653. The Labute approximate surface area is 122 Å². The van der Waals surface area contributed by atoms with Crippen LogP contribution in [0.3, 0.4) is 0 Å². The lowest BCUT2D eigenvalue weighted by atomic mass is 10.1. The van der Waals surface area contributed by atoms with Crippen molar-refractivity contribution in [3.63, 3.8) is 0 Å². The van der Waals surface area contributed by atoms with Crippen LogP contribution in [0.4, 0.5) is 0 Å². The Kier molecular flexibility index (Phi) is 3.92. The molecule has 1 atom stereocenters. The van der Waals surface area contributed by atoms with Gasteiger partial charge >= 0.3 is 5.91 Å². The van der Waals surface area contributed by atoms with Crippen LogP contribution in [-0.2, 0) is 6.54 Å². The number of hydrogen-bond acceptors (Lipinski definition) is 5. The Hall–Kier alpha value is -1.89. The van der Waals surface area contributed by atoms with E-state index in [-0.39, 0.29) is 18.4 Å². The van der Waals surface area contributed by atoms with Crippen LogP contribution < -0.4 is 11.3 Å². The summed E-state index contributed by atoms with van der Waals surface area (Å²) < 4.78 is 5.65. The highest BCUT2D eigenvalue weighted by Gasteiger charge is 2.28. The van der Waals surface area contributed by atoms with E-state index < -0.39 is 5.91 Å². The van der Waals surface area contributed by atoms with E-state index in [0.717, 1.165) is 30.3 Å². The Morgan fingerprint density at radius 2 is 2.29 bits per heavy atom. The number of hydrogen-bond donors (Lipinski definition) is 3. The normalized spacial score (nSPS) is 19.2. The van der Waals surface area contributed by atoms with Gasteiger partial charge in [0.15, 0.2) is 5.76 Å². The molecule has 0 radical (unpaired) electrons. The second-order valence-electron chi connectivity index (χ2n) is 5.33. The Morgan fingerprint density at radius 3 is 3.05 bits per heavy atom. The van der Waals surface area contributed by atoms with Gasteiger partial charge in [-0.1, -0.05) is 18.2 Å². The zero-order chi connectivity index (χ0) is 14.8. The first-order chi connectivity index (χ1) is 10.2. The number of para-hydroxylation sites is 1. The van der Waals surface area contributed by atoms with Gasteiger partial charge in [0, 0.05) is 23.5 Å². The molecular weight excluding hydrogens is 270 g/mol. The topological polar surface area (TPSA) is 91.7 Å². The Balaban J connectivity index is 2.01. The fourth-order valence-electron chi connectivity index (χ4n) is 3.02. The maximum absolute atomic E-state index is 11.9. The first-order valence-electron chi connectivity index (χ1n) is 7.11. The largest absolute Gasteiger partial charge is 0.451 e. The van der Waals surface area contributed by atoms with Crippen molar-refractivity contribution in [2.45, 2.75) is 25.4 Å². The maximum Gasteiger partial charge on any atom is 0.301 e. The molecule has 1 aliphatic rings. The highest BCUT2D eigenvalue weighted by Crippen LogP contribution is 2.29. The molecule has 1 amide bonds. The van der Waals surface area contributed by atoms with E-state index in [1.807, 2.05) is 24.3 Å². The highest BCUT2D eigenvalue weighted by atomic mass is 16.3. The van der Waals surface area contributed by atoms with Crippen molar-refractivity contribution >= 4 is 16.9 Å². The van der Waals surface area contributed by atoms with Crippen LogP contribution in [0.5, 0.6) is 0 Å². The summed E-state index contributed by atoms with van der Waals surface area (Å²) in [6, 6.07) is 7.70. The van der Waals surface area contributed by atoms with Crippen molar-refractivity contribution in [3.8, 4) is 0 Å². The molecule has 1 aliphatic heterocycles. The molecule has 0 bridgehead atoms. The minimum atomic E-state index is -0.430. The first-order valence-corrected chi connectivity index (χ1v) is 7.11. The van der Waals surface area contributed by atoms with Gasteiger partial charge in [-0.2, -0.15) is 0 Å². The molecule has 4 N–H and O–H groups in total.